The lowest BCUT2D eigenvalue weighted by Gasteiger charge is -2.25. The number of hydrogen-bond donors (Lipinski definition) is 0. The van der Waals surface area contributed by atoms with Crippen LogP contribution in [0.3, 0.4) is 0 Å². The second-order valence-electron chi connectivity index (χ2n) is 6.88. The Morgan fingerprint density at radius 3 is 2.64 bits per heavy atom. The zero-order valence-electron chi connectivity index (χ0n) is 13.2. The molecule has 2 aliphatic carbocycles. The van der Waals surface area contributed by atoms with Gasteiger partial charge in [-0.3, -0.25) is 9.78 Å². The zero-order valence-corrected chi connectivity index (χ0v) is 13.2. The molecule has 3 heteroatoms. The van der Waals surface area contributed by atoms with Crippen molar-refractivity contribution in [3.05, 3.63) is 41.6 Å². The van der Waals surface area contributed by atoms with Crippen molar-refractivity contribution in [1.82, 2.24) is 9.88 Å². The highest BCUT2D eigenvalue weighted by atomic mass is 16.2. The third-order valence-corrected chi connectivity index (χ3v) is 5.20. The summed E-state index contributed by atoms with van der Waals surface area (Å²) in [5.41, 5.74) is 2.86. The maximum absolute atomic E-state index is 13.0. The molecule has 1 aromatic carbocycles. The summed E-state index contributed by atoms with van der Waals surface area (Å²) < 4.78 is 0. The Bertz CT molecular complexity index is 731. The Morgan fingerprint density at radius 2 is 1.95 bits per heavy atom. The van der Waals surface area contributed by atoms with Gasteiger partial charge in [-0.25, -0.2) is 0 Å². The second-order valence-corrected chi connectivity index (χ2v) is 6.88. The summed E-state index contributed by atoms with van der Waals surface area (Å²) >= 11 is 0. The molecule has 1 atom stereocenters. The summed E-state index contributed by atoms with van der Waals surface area (Å²) in [7, 11) is 1.94. The molecule has 114 valence electrons. The molecule has 2 fully saturated rings. The van der Waals surface area contributed by atoms with E-state index in [0.717, 1.165) is 22.2 Å². The van der Waals surface area contributed by atoms with Crippen molar-refractivity contribution >= 4 is 16.8 Å². The predicted octanol–water partition coefficient (Wildman–Crippen LogP) is 3.98. The molecule has 0 bridgehead atoms. The average molecular weight is 294 g/mol. The molecule has 1 amide bonds. The minimum atomic E-state index is 0.139. The van der Waals surface area contributed by atoms with Gasteiger partial charge in [-0.15, -0.1) is 0 Å². The molecule has 2 saturated carbocycles. The first-order chi connectivity index (χ1) is 10.6. The van der Waals surface area contributed by atoms with E-state index in [1.165, 1.54) is 25.7 Å². The van der Waals surface area contributed by atoms with E-state index in [-0.39, 0.29) is 5.91 Å². The summed E-state index contributed by atoms with van der Waals surface area (Å²) in [6.07, 6.45) is 4.91. The molecule has 0 N–H and O–H groups in total. The molecule has 4 rings (SSSR count). The van der Waals surface area contributed by atoms with E-state index >= 15 is 0 Å². The Balaban J connectivity index is 1.76. The fraction of sp³-hybridized carbons (Fsp3) is 0.474. The first-order valence-electron chi connectivity index (χ1n) is 8.32. The summed E-state index contributed by atoms with van der Waals surface area (Å²) in [6, 6.07) is 10.4. The van der Waals surface area contributed by atoms with Gasteiger partial charge in [-0.05, 0) is 50.7 Å². The van der Waals surface area contributed by atoms with Crippen molar-refractivity contribution in [3.8, 4) is 0 Å². The smallest absolute Gasteiger partial charge is 0.254 e. The number of amides is 1. The maximum Gasteiger partial charge on any atom is 0.254 e. The molecule has 0 saturated heterocycles. The van der Waals surface area contributed by atoms with E-state index in [2.05, 4.69) is 6.92 Å². The Kier molecular flexibility index (Phi) is 3.17. The van der Waals surface area contributed by atoms with Gasteiger partial charge < -0.3 is 4.90 Å². The molecule has 0 spiro atoms. The van der Waals surface area contributed by atoms with Crippen LogP contribution in [0.2, 0.25) is 0 Å². The quantitative estimate of drug-likeness (QED) is 0.854. The third kappa shape index (κ3) is 2.39. The average Bonchev–Trinajstić information content (AvgIpc) is 3.41. The highest BCUT2D eigenvalue weighted by Crippen LogP contribution is 2.40. The number of aromatic nitrogens is 1. The van der Waals surface area contributed by atoms with E-state index in [0.29, 0.717) is 17.9 Å². The highest BCUT2D eigenvalue weighted by molar-refractivity contribution is 6.06. The van der Waals surface area contributed by atoms with Crippen LogP contribution < -0.4 is 0 Å². The van der Waals surface area contributed by atoms with Crippen molar-refractivity contribution in [1.29, 1.82) is 0 Å². The van der Waals surface area contributed by atoms with Crippen molar-refractivity contribution < 1.29 is 4.79 Å². The number of para-hydroxylation sites is 1. The van der Waals surface area contributed by atoms with Crippen LogP contribution in [0, 0.1) is 5.92 Å². The number of carbonyl (C=O) groups is 1. The topological polar surface area (TPSA) is 33.2 Å². The monoisotopic (exact) mass is 294 g/mol. The largest absolute Gasteiger partial charge is 0.339 e. The zero-order chi connectivity index (χ0) is 15.3. The van der Waals surface area contributed by atoms with Gasteiger partial charge in [-0.2, -0.15) is 0 Å². The molecule has 0 radical (unpaired) electrons. The molecule has 1 unspecified atom stereocenters. The molecule has 2 aromatic rings. The van der Waals surface area contributed by atoms with Crippen LogP contribution in [-0.4, -0.2) is 28.9 Å². The van der Waals surface area contributed by atoms with E-state index in [1.807, 2.05) is 42.3 Å². The van der Waals surface area contributed by atoms with Crippen molar-refractivity contribution in [3.63, 3.8) is 0 Å². The van der Waals surface area contributed by atoms with Crippen LogP contribution in [-0.2, 0) is 0 Å². The predicted molar refractivity (Wildman–Crippen MR) is 88.0 cm³/mol. The van der Waals surface area contributed by atoms with E-state index in [9.17, 15) is 4.79 Å². The summed E-state index contributed by atoms with van der Waals surface area (Å²) in [5, 5.41) is 0.978. The molecule has 1 aromatic heterocycles. The number of carbonyl (C=O) groups excluding carboxylic acids is 1. The number of pyridine rings is 1. The number of rotatable bonds is 4. The first-order valence-corrected chi connectivity index (χ1v) is 8.32. The standard InChI is InChI=1S/C19H22N2O/c1-12(13-7-8-13)21(2)19(22)16-11-18(14-9-10-14)20-17-6-4-3-5-15(16)17/h3-6,11-14H,7-10H2,1-2H3. The Labute approximate surface area is 131 Å². The Hall–Kier alpha value is -1.90. The number of benzene rings is 1. The van der Waals surface area contributed by atoms with Gasteiger partial charge in [0.05, 0.1) is 11.1 Å². The molecule has 22 heavy (non-hydrogen) atoms. The van der Waals surface area contributed by atoms with E-state index < -0.39 is 0 Å². The third-order valence-electron chi connectivity index (χ3n) is 5.20. The van der Waals surface area contributed by atoms with Crippen LogP contribution in [0.4, 0.5) is 0 Å². The highest BCUT2D eigenvalue weighted by Gasteiger charge is 2.34. The van der Waals surface area contributed by atoms with Gasteiger partial charge in [0.1, 0.15) is 0 Å². The normalized spacial score (nSPS) is 19.2. The van der Waals surface area contributed by atoms with Crippen LogP contribution in [0.25, 0.3) is 10.9 Å². The van der Waals surface area contributed by atoms with E-state index in [4.69, 9.17) is 4.98 Å². The molecule has 3 nitrogen and oxygen atoms in total. The lowest BCUT2D eigenvalue weighted by Crippen LogP contribution is -2.36. The minimum Gasteiger partial charge on any atom is -0.339 e. The van der Waals surface area contributed by atoms with Crippen molar-refractivity contribution in [2.45, 2.75) is 44.6 Å². The molecule has 1 heterocycles. The van der Waals surface area contributed by atoms with Crippen LogP contribution in [0.5, 0.6) is 0 Å². The maximum atomic E-state index is 13.0. The fourth-order valence-corrected chi connectivity index (χ4v) is 3.23. The van der Waals surface area contributed by atoms with Crippen molar-refractivity contribution in [2.24, 2.45) is 5.92 Å². The molecule has 0 aliphatic heterocycles. The SMILES string of the molecule is CC(C1CC1)N(C)C(=O)c1cc(C2CC2)nc2ccccc12. The van der Waals surface area contributed by atoms with Gasteiger partial charge in [0.25, 0.3) is 5.91 Å². The number of hydrogen-bond acceptors (Lipinski definition) is 2. The summed E-state index contributed by atoms with van der Waals surface area (Å²) in [6.45, 7) is 2.17. The number of fused-ring (bicyclic) bond motifs is 1. The number of nitrogens with zero attached hydrogens (tertiary/aromatic N) is 2. The van der Waals surface area contributed by atoms with Crippen LogP contribution in [0.1, 0.15) is 54.6 Å². The molecular weight excluding hydrogens is 272 g/mol. The van der Waals surface area contributed by atoms with Gasteiger partial charge in [0.15, 0.2) is 0 Å². The van der Waals surface area contributed by atoms with Crippen molar-refractivity contribution in [2.75, 3.05) is 7.05 Å². The van der Waals surface area contributed by atoms with E-state index in [1.54, 1.807) is 0 Å². The molecular formula is C19H22N2O. The van der Waals surface area contributed by atoms with Crippen LogP contribution >= 0.6 is 0 Å². The van der Waals surface area contributed by atoms with Gasteiger partial charge in [0.2, 0.25) is 0 Å². The summed E-state index contributed by atoms with van der Waals surface area (Å²) in [4.78, 5) is 19.7. The summed E-state index contributed by atoms with van der Waals surface area (Å²) in [5.74, 6) is 1.38. The van der Waals surface area contributed by atoms with Crippen LogP contribution in [0.15, 0.2) is 30.3 Å². The fourth-order valence-electron chi connectivity index (χ4n) is 3.23. The lowest BCUT2D eigenvalue weighted by atomic mass is 10.0. The first kappa shape index (κ1) is 13.7. The van der Waals surface area contributed by atoms with Gasteiger partial charge >= 0.3 is 0 Å². The minimum absolute atomic E-state index is 0.139. The Morgan fingerprint density at radius 1 is 1.23 bits per heavy atom. The van der Waals surface area contributed by atoms with Gasteiger partial charge in [0, 0.05) is 30.1 Å². The molecule has 2 aliphatic rings. The lowest BCUT2D eigenvalue weighted by molar-refractivity contribution is 0.0729. The van der Waals surface area contributed by atoms with Gasteiger partial charge in [-0.1, -0.05) is 18.2 Å². The second kappa shape index (κ2) is 5.08.